The number of benzene rings is 7. The van der Waals surface area contributed by atoms with Crippen molar-refractivity contribution >= 4 is 11.0 Å². The lowest BCUT2D eigenvalue weighted by atomic mass is 9.85. The van der Waals surface area contributed by atoms with Gasteiger partial charge in [0, 0.05) is 23.0 Å². The Kier molecular flexibility index (Phi) is 8.42. The van der Waals surface area contributed by atoms with Gasteiger partial charge in [-0.25, -0.2) is 4.98 Å². The predicted molar refractivity (Wildman–Crippen MR) is 260 cm³/mol. The molecule has 0 aliphatic rings. The molecule has 0 unspecified atom stereocenters. The second kappa shape index (κ2) is 16.4. The molecule has 0 fully saturated rings. The molecule has 306 valence electrons. The van der Waals surface area contributed by atoms with Crippen molar-refractivity contribution in [2.75, 3.05) is 0 Å². The van der Waals surface area contributed by atoms with Crippen molar-refractivity contribution in [2.24, 2.45) is 0 Å². The maximum atomic E-state index is 12.3. The Balaban J connectivity index is 1.37. The van der Waals surface area contributed by atoms with E-state index in [1.807, 2.05) is 91.0 Å². The molecule has 4 nitrogen and oxygen atoms in total. The number of phenols is 1. The SMILES string of the molecule is [2H]c1nc(-c2cc(-c3ccccc3)cc(-c3cccc4c3nc(-c3cc(C(C)C)cc(C(C)C)c3O)n4-c3cc(-c4ccccc4)cc(C(C)(C)C)c3)c2)c([2H])c(-c2c([2H])c([2H])c([2H])c([2H])c2[2H])c1[2H]. The third kappa shape index (κ3) is 7.85. The molecular weight excluding hydrogens is 755 g/mol. The van der Waals surface area contributed by atoms with E-state index in [0.29, 0.717) is 28.0 Å². The zero-order chi connectivity index (χ0) is 50.1. The van der Waals surface area contributed by atoms with E-state index in [2.05, 4.69) is 94.4 Å². The maximum absolute atomic E-state index is 12.3. The normalized spacial score (nSPS) is 13.6. The predicted octanol–water partition coefficient (Wildman–Crippen LogP) is 15.7. The minimum absolute atomic E-state index is 0.00399. The van der Waals surface area contributed by atoms with E-state index < -0.39 is 42.4 Å². The molecule has 2 aromatic heterocycles. The molecule has 0 aliphatic heterocycles. The number of fused-ring (bicyclic) bond motifs is 1. The fourth-order valence-corrected chi connectivity index (χ4v) is 8.04. The molecule has 7 aromatic carbocycles. The fraction of sp³-hybridized carbons (Fsp3) is 0.172. The van der Waals surface area contributed by atoms with Gasteiger partial charge in [-0.1, -0.05) is 164 Å². The summed E-state index contributed by atoms with van der Waals surface area (Å²) in [6.07, 6.45) is -0.512. The molecule has 1 N–H and O–H groups in total. The van der Waals surface area contributed by atoms with E-state index in [1.165, 1.54) is 0 Å². The van der Waals surface area contributed by atoms with Crippen LogP contribution in [0.3, 0.4) is 0 Å². The third-order valence-corrected chi connectivity index (χ3v) is 11.5. The van der Waals surface area contributed by atoms with Gasteiger partial charge >= 0.3 is 0 Å². The zero-order valence-corrected chi connectivity index (χ0v) is 36.1. The van der Waals surface area contributed by atoms with Crippen molar-refractivity contribution < 1.29 is 16.1 Å². The van der Waals surface area contributed by atoms with Gasteiger partial charge in [0.2, 0.25) is 0 Å². The lowest BCUT2D eigenvalue weighted by molar-refractivity contribution is 0.466. The summed E-state index contributed by atoms with van der Waals surface area (Å²) < 4.78 is 71.9. The van der Waals surface area contributed by atoms with Gasteiger partial charge in [-0.3, -0.25) is 9.55 Å². The highest BCUT2D eigenvalue weighted by atomic mass is 16.3. The van der Waals surface area contributed by atoms with Crippen LogP contribution in [-0.2, 0) is 5.41 Å². The van der Waals surface area contributed by atoms with E-state index in [1.54, 1.807) is 0 Å². The van der Waals surface area contributed by atoms with Crippen LogP contribution in [0.1, 0.15) is 88.0 Å². The number of aromatic nitrogens is 3. The summed E-state index contributed by atoms with van der Waals surface area (Å²) in [5, 5.41) is 12.3. The highest BCUT2D eigenvalue weighted by Gasteiger charge is 2.25. The quantitative estimate of drug-likeness (QED) is 0.158. The first kappa shape index (κ1) is 31.8. The lowest BCUT2D eigenvalue weighted by Gasteiger charge is -2.23. The number of nitrogens with zero attached hydrogens (tertiary/aromatic N) is 3. The molecule has 0 saturated carbocycles. The van der Waals surface area contributed by atoms with Gasteiger partial charge in [-0.05, 0) is 127 Å². The van der Waals surface area contributed by atoms with Gasteiger partial charge in [-0.15, -0.1) is 0 Å². The van der Waals surface area contributed by atoms with E-state index in [9.17, 15) is 6.48 Å². The molecule has 0 bridgehead atoms. The number of imidazole rings is 1. The summed E-state index contributed by atoms with van der Waals surface area (Å²) in [7, 11) is 0. The number of aromatic hydroxyl groups is 1. The minimum Gasteiger partial charge on any atom is -0.507 e. The van der Waals surface area contributed by atoms with Gasteiger partial charge in [0.1, 0.15) is 11.6 Å². The molecule has 0 atom stereocenters. The van der Waals surface area contributed by atoms with Crippen molar-refractivity contribution in [3.05, 3.63) is 193 Å². The van der Waals surface area contributed by atoms with Crippen LogP contribution in [-0.4, -0.2) is 19.6 Å². The smallest absolute Gasteiger partial charge is 0.149 e. The molecule has 0 aliphatic carbocycles. The number of para-hydroxylation sites is 1. The second-order valence-electron chi connectivity index (χ2n) is 17.5. The molecule has 0 spiro atoms. The Labute approximate surface area is 377 Å². The van der Waals surface area contributed by atoms with E-state index in [4.69, 9.17) is 14.6 Å². The second-order valence-corrected chi connectivity index (χ2v) is 17.5. The van der Waals surface area contributed by atoms with Gasteiger partial charge in [-0.2, -0.15) is 0 Å². The number of hydrogen-bond acceptors (Lipinski definition) is 3. The molecule has 0 radical (unpaired) electrons. The number of rotatable bonds is 9. The van der Waals surface area contributed by atoms with Crippen LogP contribution >= 0.6 is 0 Å². The number of pyridine rings is 1. The molecule has 2 heterocycles. The van der Waals surface area contributed by atoms with Crippen LogP contribution in [0.5, 0.6) is 5.75 Å². The Morgan fingerprint density at radius 2 is 1.24 bits per heavy atom. The largest absolute Gasteiger partial charge is 0.507 e. The Bertz CT molecular complexity index is 3500. The minimum atomic E-state index is -0.606. The van der Waals surface area contributed by atoms with Gasteiger partial charge < -0.3 is 5.11 Å². The standard InChI is InChI=1S/C58H53N3O/c1-37(2)43-33-51(38(3)4)56(62)52(34-43)57-60-55-50(24-17-25-54(55)61(57)49-32-45(41-22-15-10-16-23-41)31-48(36-49)58(5,6)7)46-28-44(40-20-13-9-14-21-40)29-47(30-46)53-35-42(26-27-59-53)39-18-11-8-12-19-39/h8-38,62H,1-7H3/i8D,11D,12D,18D,19D,26D,27D,35D. The van der Waals surface area contributed by atoms with Crippen LogP contribution in [0.2, 0.25) is 0 Å². The molecule has 9 rings (SSSR count). The topological polar surface area (TPSA) is 50.9 Å². The monoisotopic (exact) mass is 815 g/mol. The first-order valence-corrected chi connectivity index (χ1v) is 21.1. The molecular formula is C58H53N3O. The van der Waals surface area contributed by atoms with Crippen molar-refractivity contribution in [2.45, 2.75) is 65.7 Å². The average molecular weight is 816 g/mol. The van der Waals surface area contributed by atoms with Crippen LogP contribution in [0.15, 0.2) is 176 Å². The van der Waals surface area contributed by atoms with Crippen LogP contribution in [0, 0.1) is 0 Å². The fourth-order valence-electron chi connectivity index (χ4n) is 8.04. The van der Waals surface area contributed by atoms with Crippen molar-refractivity contribution in [3.63, 3.8) is 0 Å². The van der Waals surface area contributed by atoms with Gasteiger partial charge in [0.05, 0.1) is 33.3 Å². The first-order chi connectivity index (χ1) is 33.2. The average Bonchev–Trinajstić information content (AvgIpc) is 3.74. The van der Waals surface area contributed by atoms with Gasteiger partial charge in [0.25, 0.3) is 0 Å². The molecule has 4 heteroatoms. The lowest BCUT2D eigenvalue weighted by Crippen LogP contribution is -2.12. The van der Waals surface area contributed by atoms with E-state index in [-0.39, 0.29) is 45.9 Å². The van der Waals surface area contributed by atoms with Crippen molar-refractivity contribution in [1.29, 1.82) is 0 Å². The number of phenolic OH excluding ortho intramolecular Hbond substituents is 1. The van der Waals surface area contributed by atoms with Crippen molar-refractivity contribution in [1.82, 2.24) is 14.5 Å². The summed E-state index contributed by atoms with van der Waals surface area (Å²) in [5.74, 6) is 0.887. The summed E-state index contributed by atoms with van der Waals surface area (Å²) in [6.45, 7) is 15.0. The Hall–Kier alpha value is -7.04. The Morgan fingerprint density at radius 1 is 0.581 bits per heavy atom. The van der Waals surface area contributed by atoms with E-state index >= 15 is 0 Å². The van der Waals surface area contributed by atoms with E-state index in [0.717, 1.165) is 55.7 Å². The maximum Gasteiger partial charge on any atom is 0.149 e. The highest BCUT2D eigenvalue weighted by Crippen LogP contribution is 2.44. The molecule has 9 aromatic rings. The summed E-state index contributed by atoms with van der Waals surface area (Å²) in [6, 6.07) is 38.6. The van der Waals surface area contributed by atoms with Gasteiger partial charge in [0.15, 0.2) is 0 Å². The molecule has 0 amide bonds. The molecule has 0 saturated heterocycles. The summed E-state index contributed by atoms with van der Waals surface area (Å²) in [4.78, 5) is 10.0. The summed E-state index contributed by atoms with van der Waals surface area (Å²) in [5.41, 5.74) is 10.6. The number of hydrogen-bond donors (Lipinski definition) is 1. The van der Waals surface area contributed by atoms with Crippen LogP contribution < -0.4 is 0 Å². The summed E-state index contributed by atoms with van der Waals surface area (Å²) >= 11 is 0. The third-order valence-electron chi connectivity index (χ3n) is 11.5. The molecule has 62 heavy (non-hydrogen) atoms. The van der Waals surface area contributed by atoms with Crippen molar-refractivity contribution in [3.8, 4) is 78.6 Å². The Morgan fingerprint density at radius 3 is 1.90 bits per heavy atom. The highest BCUT2D eigenvalue weighted by molar-refractivity contribution is 5.98. The van der Waals surface area contributed by atoms with Crippen LogP contribution in [0.25, 0.3) is 83.9 Å². The zero-order valence-electron chi connectivity index (χ0n) is 44.1. The first-order valence-electron chi connectivity index (χ1n) is 25.1. The van der Waals surface area contributed by atoms with Crippen LogP contribution in [0.4, 0.5) is 0 Å².